The second-order valence-corrected chi connectivity index (χ2v) is 4.73. The molecular weight excluding hydrogens is 174 g/mol. The topological polar surface area (TPSA) is 20.3 Å². The summed E-state index contributed by atoms with van der Waals surface area (Å²) in [5.74, 6) is 0. The Hall–Kier alpha value is -1.31. The molecule has 0 radical (unpaired) electrons. The van der Waals surface area contributed by atoms with E-state index in [9.17, 15) is 4.79 Å². The van der Waals surface area contributed by atoms with Crippen molar-refractivity contribution in [2.75, 3.05) is 18.0 Å². The second-order valence-electron chi connectivity index (χ2n) is 4.73. The number of aldehydes is 1. The highest BCUT2D eigenvalue weighted by atomic mass is 16.1. The summed E-state index contributed by atoms with van der Waals surface area (Å²) >= 11 is 0. The Kier molecular flexibility index (Phi) is 2.06. The minimum absolute atomic E-state index is 0.428. The third-order valence-corrected chi connectivity index (χ3v) is 2.61. The van der Waals surface area contributed by atoms with Crippen molar-refractivity contribution in [3.63, 3.8) is 0 Å². The quantitative estimate of drug-likeness (QED) is 0.665. The van der Waals surface area contributed by atoms with Crippen LogP contribution in [0, 0.1) is 5.41 Å². The second kappa shape index (κ2) is 3.12. The molecule has 0 atom stereocenters. The largest absolute Gasteiger partial charge is 0.370 e. The molecule has 2 heteroatoms. The molecule has 0 saturated carbocycles. The third kappa shape index (κ3) is 1.65. The molecule has 0 unspecified atom stereocenters. The van der Waals surface area contributed by atoms with Gasteiger partial charge in [-0.3, -0.25) is 4.79 Å². The van der Waals surface area contributed by atoms with E-state index in [2.05, 4.69) is 24.8 Å². The highest BCUT2D eigenvalue weighted by Gasteiger charge is 2.33. The van der Waals surface area contributed by atoms with Crippen molar-refractivity contribution in [1.82, 2.24) is 0 Å². The Morgan fingerprint density at radius 1 is 1.36 bits per heavy atom. The fraction of sp³-hybridized carbons (Fsp3) is 0.417. The van der Waals surface area contributed by atoms with E-state index in [1.807, 2.05) is 18.2 Å². The molecular formula is C12H15NO. The molecule has 0 aliphatic carbocycles. The lowest BCUT2D eigenvalue weighted by atomic mass is 9.84. The standard InChI is InChI=1S/C12H15NO/c1-12(2)8-13(9-12)11-5-3-4-10(6-11)7-14/h3-7H,8-9H2,1-2H3. The van der Waals surface area contributed by atoms with Gasteiger partial charge < -0.3 is 4.90 Å². The molecule has 0 bridgehead atoms. The van der Waals surface area contributed by atoms with E-state index in [1.165, 1.54) is 0 Å². The summed E-state index contributed by atoms with van der Waals surface area (Å²) in [5.41, 5.74) is 2.35. The molecule has 0 spiro atoms. The SMILES string of the molecule is CC1(C)CN(c2cccc(C=O)c2)C1. The van der Waals surface area contributed by atoms with Crippen molar-refractivity contribution in [3.8, 4) is 0 Å². The van der Waals surface area contributed by atoms with E-state index in [1.54, 1.807) is 0 Å². The molecule has 0 aromatic heterocycles. The maximum absolute atomic E-state index is 10.6. The summed E-state index contributed by atoms with van der Waals surface area (Å²) in [6.07, 6.45) is 0.897. The highest BCUT2D eigenvalue weighted by Crippen LogP contribution is 2.33. The monoisotopic (exact) mass is 189 g/mol. The Balaban J connectivity index is 2.14. The van der Waals surface area contributed by atoms with Gasteiger partial charge in [0.1, 0.15) is 6.29 Å². The fourth-order valence-corrected chi connectivity index (χ4v) is 1.96. The van der Waals surface area contributed by atoms with Crippen LogP contribution in [0.4, 0.5) is 5.69 Å². The first-order valence-corrected chi connectivity index (χ1v) is 4.91. The maximum Gasteiger partial charge on any atom is 0.150 e. The third-order valence-electron chi connectivity index (χ3n) is 2.61. The van der Waals surface area contributed by atoms with Crippen molar-refractivity contribution < 1.29 is 4.79 Å². The van der Waals surface area contributed by atoms with E-state index in [0.717, 1.165) is 30.6 Å². The average molecular weight is 189 g/mol. The summed E-state index contributed by atoms with van der Waals surface area (Å²) in [5, 5.41) is 0. The molecule has 1 heterocycles. The van der Waals surface area contributed by atoms with Gasteiger partial charge in [-0.2, -0.15) is 0 Å². The molecule has 2 nitrogen and oxygen atoms in total. The van der Waals surface area contributed by atoms with Gasteiger partial charge in [-0.15, -0.1) is 0 Å². The summed E-state index contributed by atoms with van der Waals surface area (Å²) in [7, 11) is 0. The van der Waals surface area contributed by atoms with Crippen molar-refractivity contribution in [2.24, 2.45) is 5.41 Å². The molecule has 14 heavy (non-hydrogen) atoms. The number of nitrogens with zero attached hydrogens (tertiary/aromatic N) is 1. The molecule has 0 amide bonds. The van der Waals surface area contributed by atoms with Crippen LogP contribution in [0.15, 0.2) is 24.3 Å². The number of carbonyl (C=O) groups is 1. The lowest BCUT2D eigenvalue weighted by Crippen LogP contribution is -2.53. The van der Waals surface area contributed by atoms with Crippen LogP contribution in [0.25, 0.3) is 0 Å². The van der Waals surface area contributed by atoms with Crippen LogP contribution in [0.2, 0.25) is 0 Å². The van der Waals surface area contributed by atoms with Gasteiger partial charge in [-0.1, -0.05) is 26.0 Å². The highest BCUT2D eigenvalue weighted by molar-refractivity contribution is 5.77. The van der Waals surface area contributed by atoms with Gasteiger partial charge in [-0.25, -0.2) is 0 Å². The molecule has 1 saturated heterocycles. The van der Waals surface area contributed by atoms with Crippen LogP contribution >= 0.6 is 0 Å². The fourth-order valence-electron chi connectivity index (χ4n) is 1.96. The molecule has 2 rings (SSSR count). The number of benzene rings is 1. The van der Waals surface area contributed by atoms with Crippen LogP contribution in [0.3, 0.4) is 0 Å². The van der Waals surface area contributed by atoms with E-state index < -0.39 is 0 Å². The van der Waals surface area contributed by atoms with Crippen molar-refractivity contribution in [2.45, 2.75) is 13.8 Å². The molecule has 74 valence electrons. The van der Waals surface area contributed by atoms with Crippen molar-refractivity contribution >= 4 is 12.0 Å². The predicted octanol–water partition coefficient (Wildman–Crippen LogP) is 2.35. The number of anilines is 1. The summed E-state index contributed by atoms with van der Waals surface area (Å²) in [6, 6.07) is 7.77. The normalized spacial score (nSPS) is 18.9. The van der Waals surface area contributed by atoms with Crippen LogP contribution < -0.4 is 4.90 Å². The van der Waals surface area contributed by atoms with E-state index in [-0.39, 0.29) is 0 Å². The average Bonchev–Trinajstić information content (AvgIpc) is 2.14. The lowest BCUT2D eigenvalue weighted by molar-refractivity contribution is 0.112. The molecule has 1 aliphatic rings. The van der Waals surface area contributed by atoms with E-state index in [0.29, 0.717) is 5.41 Å². The van der Waals surface area contributed by atoms with Gasteiger partial charge >= 0.3 is 0 Å². The molecule has 0 N–H and O–H groups in total. The predicted molar refractivity (Wildman–Crippen MR) is 57.8 cm³/mol. The minimum Gasteiger partial charge on any atom is -0.370 e. The molecule has 1 aliphatic heterocycles. The minimum atomic E-state index is 0.428. The first-order valence-electron chi connectivity index (χ1n) is 4.91. The molecule has 1 fully saturated rings. The van der Waals surface area contributed by atoms with Gasteiger partial charge in [0, 0.05) is 24.3 Å². The Bertz CT molecular complexity index is 349. The lowest BCUT2D eigenvalue weighted by Gasteiger charge is -2.47. The molecule has 1 aromatic carbocycles. The van der Waals surface area contributed by atoms with Crippen LogP contribution in [0.1, 0.15) is 24.2 Å². The van der Waals surface area contributed by atoms with Crippen LogP contribution in [0.5, 0.6) is 0 Å². The van der Waals surface area contributed by atoms with Gasteiger partial charge in [0.05, 0.1) is 0 Å². The van der Waals surface area contributed by atoms with Gasteiger partial charge in [0.15, 0.2) is 0 Å². The summed E-state index contributed by atoms with van der Waals surface area (Å²) in [6.45, 7) is 6.67. The van der Waals surface area contributed by atoms with Crippen molar-refractivity contribution in [3.05, 3.63) is 29.8 Å². The van der Waals surface area contributed by atoms with Crippen LogP contribution in [-0.4, -0.2) is 19.4 Å². The summed E-state index contributed by atoms with van der Waals surface area (Å²) < 4.78 is 0. The maximum atomic E-state index is 10.6. The number of hydrogen-bond donors (Lipinski definition) is 0. The van der Waals surface area contributed by atoms with Gasteiger partial charge in [0.25, 0.3) is 0 Å². The first-order chi connectivity index (χ1) is 6.61. The summed E-state index contributed by atoms with van der Waals surface area (Å²) in [4.78, 5) is 12.9. The zero-order chi connectivity index (χ0) is 10.2. The smallest absolute Gasteiger partial charge is 0.150 e. The number of hydrogen-bond acceptors (Lipinski definition) is 2. The van der Waals surface area contributed by atoms with Gasteiger partial charge in [0.2, 0.25) is 0 Å². The van der Waals surface area contributed by atoms with Crippen molar-refractivity contribution in [1.29, 1.82) is 0 Å². The molecule has 1 aromatic rings. The Labute approximate surface area is 84.5 Å². The zero-order valence-electron chi connectivity index (χ0n) is 8.66. The Morgan fingerprint density at radius 2 is 2.07 bits per heavy atom. The zero-order valence-corrected chi connectivity index (χ0v) is 8.66. The van der Waals surface area contributed by atoms with E-state index >= 15 is 0 Å². The van der Waals surface area contributed by atoms with Crippen LogP contribution in [-0.2, 0) is 0 Å². The Morgan fingerprint density at radius 3 is 2.64 bits per heavy atom. The van der Waals surface area contributed by atoms with Gasteiger partial charge in [-0.05, 0) is 17.5 Å². The number of carbonyl (C=O) groups excluding carboxylic acids is 1. The first kappa shape index (κ1) is 9.25. The van der Waals surface area contributed by atoms with E-state index in [4.69, 9.17) is 0 Å². The number of rotatable bonds is 2.